The van der Waals surface area contributed by atoms with E-state index in [9.17, 15) is 0 Å². The number of aryl methyl sites for hydroxylation is 1. The molecule has 0 aliphatic heterocycles. The van der Waals surface area contributed by atoms with Gasteiger partial charge in [-0.1, -0.05) is 11.6 Å². The molecule has 1 nitrogen and oxygen atoms in total. The molecule has 1 atom stereocenters. The number of thiophene rings is 1. The van der Waals surface area contributed by atoms with Crippen LogP contribution in [0.1, 0.15) is 16.9 Å². The second-order valence-electron chi connectivity index (χ2n) is 3.00. The Balaban J connectivity index is 2.34. The predicted molar refractivity (Wildman–Crippen MR) is 49.3 cm³/mol. The standard InChI is InChI=1S/C8H10ClNS/c9-8-4-5-3-6(10)1-2-7(5)11-8/h4,6H,1-3,10H2/t6-/m1/s1. The average molecular weight is 188 g/mol. The summed E-state index contributed by atoms with van der Waals surface area (Å²) >= 11 is 7.58. The maximum Gasteiger partial charge on any atom is 0.0934 e. The van der Waals surface area contributed by atoms with Crippen molar-refractivity contribution in [2.45, 2.75) is 25.3 Å². The van der Waals surface area contributed by atoms with Crippen LogP contribution >= 0.6 is 22.9 Å². The zero-order valence-corrected chi connectivity index (χ0v) is 7.71. The maximum atomic E-state index is 5.88. The van der Waals surface area contributed by atoms with Crippen LogP contribution in [0.25, 0.3) is 0 Å². The van der Waals surface area contributed by atoms with Gasteiger partial charge in [0.2, 0.25) is 0 Å². The first kappa shape index (κ1) is 7.59. The minimum absolute atomic E-state index is 0.355. The Hall–Kier alpha value is -0.0500. The minimum atomic E-state index is 0.355. The monoisotopic (exact) mass is 187 g/mol. The Morgan fingerprint density at radius 2 is 2.45 bits per heavy atom. The molecule has 1 aromatic rings. The van der Waals surface area contributed by atoms with Crippen molar-refractivity contribution < 1.29 is 0 Å². The van der Waals surface area contributed by atoms with Crippen molar-refractivity contribution >= 4 is 22.9 Å². The molecule has 0 radical (unpaired) electrons. The molecule has 0 aromatic carbocycles. The summed E-state index contributed by atoms with van der Waals surface area (Å²) in [7, 11) is 0. The molecule has 0 amide bonds. The molecule has 0 fully saturated rings. The summed E-state index contributed by atoms with van der Waals surface area (Å²) in [5.74, 6) is 0. The molecule has 11 heavy (non-hydrogen) atoms. The van der Waals surface area contributed by atoms with E-state index in [0.717, 1.165) is 23.6 Å². The molecule has 1 heterocycles. The summed E-state index contributed by atoms with van der Waals surface area (Å²) < 4.78 is 0.907. The van der Waals surface area contributed by atoms with Gasteiger partial charge in [-0.3, -0.25) is 0 Å². The van der Waals surface area contributed by atoms with E-state index in [0.29, 0.717) is 6.04 Å². The molecule has 0 saturated carbocycles. The first-order chi connectivity index (χ1) is 5.25. The average Bonchev–Trinajstić information content (AvgIpc) is 2.27. The van der Waals surface area contributed by atoms with Crippen LogP contribution in [-0.4, -0.2) is 6.04 Å². The van der Waals surface area contributed by atoms with Gasteiger partial charge in [-0.05, 0) is 30.9 Å². The maximum absolute atomic E-state index is 5.88. The van der Waals surface area contributed by atoms with Crippen molar-refractivity contribution in [1.29, 1.82) is 0 Å². The zero-order valence-electron chi connectivity index (χ0n) is 6.14. The highest BCUT2D eigenvalue weighted by atomic mass is 35.5. The summed E-state index contributed by atoms with van der Waals surface area (Å²) in [5.41, 5.74) is 7.19. The van der Waals surface area contributed by atoms with E-state index in [1.54, 1.807) is 11.3 Å². The van der Waals surface area contributed by atoms with E-state index in [4.69, 9.17) is 17.3 Å². The highest BCUT2D eigenvalue weighted by Gasteiger charge is 2.17. The lowest BCUT2D eigenvalue weighted by Crippen LogP contribution is -2.26. The van der Waals surface area contributed by atoms with Gasteiger partial charge in [0, 0.05) is 10.9 Å². The van der Waals surface area contributed by atoms with Crippen LogP contribution in [0.4, 0.5) is 0 Å². The van der Waals surface area contributed by atoms with Crippen LogP contribution in [0.15, 0.2) is 6.07 Å². The molecule has 0 bridgehead atoms. The van der Waals surface area contributed by atoms with Crippen molar-refractivity contribution in [1.82, 2.24) is 0 Å². The summed E-state index contributed by atoms with van der Waals surface area (Å²) in [5, 5.41) is 0. The molecule has 1 aliphatic carbocycles. The molecule has 0 spiro atoms. The van der Waals surface area contributed by atoms with Gasteiger partial charge in [-0.2, -0.15) is 0 Å². The number of fused-ring (bicyclic) bond motifs is 1. The quantitative estimate of drug-likeness (QED) is 0.663. The van der Waals surface area contributed by atoms with Crippen LogP contribution in [0.3, 0.4) is 0 Å². The van der Waals surface area contributed by atoms with E-state index < -0.39 is 0 Å². The third-order valence-electron chi connectivity index (χ3n) is 2.09. The Morgan fingerprint density at radius 1 is 1.64 bits per heavy atom. The molecule has 1 aromatic heterocycles. The lowest BCUT2D eigenvalue weighted by Gasteiger charge is -2.16. The highest BCUT2D eigenvalue weighted by molar-refractivity contribution is 7.16. The SMILES string of the molecule is N[C@@H]1CCc2sc(Cl)cc2C1. The number of nitrogens with two attached hydrogens (primary N) is 1. The van der Waals surface area contributed by atoms with Gasteiger partial charge < -0.3 is 5.73 Å². The minimum Gasteiger partial charge on any atom is -0.327 e. The van der Waals surface area contributed by atoms with E-state index in [2.05, 4.69) is 6.07 Å². The Bertz CT molecular complexity index is 269. The molecule has 60 valence electrons. The molecule has 3 heteroatoms. The fraction of sp³-hybridized carbons (Fsp3) is 0.500. The number of hydrogen-bond acceptors (Lipinski definition) is 2. The third kappa shape index (κ3) is 1.43. The van der Waals surface area contributed by atoms with Gasteiger partial charge >= 0.3 is 0 Å². The first-order valence-corrected chi connectivity index (χ1v) is 4.98. The van der Waals surface area contributed by atoms with Crippen LogP contribution in [0.2, 0.25) is 4.34 Å². The lowest BCUT2D eigenvalue weighted by molar-refractivity contribution is 0.583. The molecule has 1 aliphatic rings. The van der Waals surface area contributed by atoms with Gasteiger partial charge in [-0.25, -0.2) is 0 Å². The first-order valence-electron chi connectivity index (χ1n) is 3.78. The largest absolute Gasteiger partial charge is 0.327 e. The van der Waals surface area contributed by atoms with Gasteiger partial charge in [0.15, 0.2) is 0 Å². The molecular weight excluding hydrogens is 178 g/mol. The summed E-state index contributed by atoms with van der Waals surface area (Å²) in [6, 6.07) is 2.41. The second-order valence-corrected chi connectivity index (χ2v) is 4.77. The van der Waals surface area contributed by atoms with Crippen molar-refractivity contribution in [3.05, 3.63) is 20.8 Å². The zero-order chi connectivity index (χ0) is 7.84. The molecule has 0 unspecified atom stereocenters. The third-order valence-corrected chi connectivity index (χ3v) is 3.46. The Morgan fingerprint density at radius 3 is 3.27 bits per heavy atom. The van der Waals surface area contributed by atoms with Crippen molar-refractivity contribution in [2.75, 3.05) is 0 Å². The number of rotatable bonds is 0. The Kier molecular flexibility index (Phi) is 1.91. The van der Waals surface area contributed by atoms with Crippen molar-refractivity contribution in [2.24, 2.45) is 5.73 Å². The van der Waals surface area contributed by atoms with Crippen LogP contribution in [0, 0.1) is 0 Å². The topological polar surface area (TPSA) is 26.0 Å². The fourth-order valence-corrected chi connectivity index (χ4v) is 2.86. The van der Waals surface area contributed by atoms with E-state index in [1.165, 1.54) is 10.4 Å². The van der Waals surface area contributed by atoms with Crippen LogP contribution in [-0.2, 0) is 12.8 Å². The summed E-state index contributed by atoms with van der Waals surface area (Å²) in [4.78, 5) is 1.44. The number of halogens is 1. The normalized spacial score (nSPS) is 23.3. The van der Waals surface area contributed by atoms with E-state index in [-0.39, 0.29) is 0 Å². The van der Waals surface area contributed by atoms with Crippen LogP contribution < -0.4 is 5.73 Å². The molecule has 0 saturated heterocycles. The smallest absolute Gasteiger partial charge is 0.0934 e. The van der Waals surface area contributed by atoms with E-state index in [1.807, 2.05) is 0 Å². The van der Waals surface area contributed by atoms with Gasteiger partial charge in [-0.15, -0.1) is 11.3 Å². The van der Waals surface area contributed by atoms with Gasteiger partial charge in [0.05, 0.1) is 4.34 Å². The fourth-order valence-electron chi connectivity index (χ4n) is 1.52. The van der Waals surface area contributed by atoms with Gasteiger partial charge in [0.1, 0.15) is 0 Å². The summed E-state index contributed by atoms with van der Waals surface area (Å²) in [6.45, 7) is 0. The van der Waals surface area contributed by atoms with E-state index >= 15 is 0 Å². The van der Waals surface area contributed by atoms with Crippen molar-refractivity contribution in [3.8, 4) is 0 Å². The molecular formula is C8H10ClNS. The van der Waals surface area contributed by atoms with Crippen molar-refractivity contribution in [3.63, 3.8) is 0 Å². The molecule has 2 rings (SSSR count). The van der Waals surface area contributed by atoms with Gasteiger partial charge in [0.25, 0.3) is 0 Å². The summed E-state index contributed by atoms with van der Waals surface area (Å²) in [6.07, 6.45) is 3.25. The number of hydrogen-bond donors (Lipinski definition) is 1. The second kappa shape index (κ2) is 2.77. The lowest BCUT2D eigenvalue weighted by atomic mass is 9.95. The van der Waals surface area contributed by atoms with Crippen LogP contribution in [0.5, 0.6) is 0 Å². The predicted octanol–water partition coefficient (Wildman–Crippen LogP) is 2.22. The molecule has 2 N–H and O–H groups in total. The highest BCUT2D eigenvalue weighted by Crippen LogP contribution is 2.31. The Labute approximate surface area is 75.2 Å².